The van der Waals surface area contributed by atoms with E-state index >= 15 is 0 Å². The van der Waals surface area contributed by atoms with Crippen molar-refractivity contribution in [1.29, 1.82) is 0 Å². The zero-order valence-electron chi connectivity index (χ0n) is 12.4. The van der Waals surface area contributed by atoms with Crippen molar-refractivity contribution < 1.29 is 4.79 Å². The van der Waals surface area contributed by atoms with Gasteiger partial charge in [-0.2, -0.15) is 0 Å². The number of hydrogen-bond acceptors (Lipinski definition) is 3. The molecule has 4 nitrogen and oxygen atoms in total. The van der Waals surface area contributed by atoms with E-state index in [1.807, 2.05) is 6.07 Å². The Bertz CT molecular complexity index is 637. The number of halogens is 2. The Morgan fingerprint density at radius 3 is 2.36 bits per heavy atom. The van der Waals surface area contributed by atoms with Crippen LogP contribution in [-0.2, 0) is 0 Å². The van der Waals surface area contributed by atoms with Gasteiger partial charge < -0.3 is 10.6 Å². The summed E-state index contributed by atoms with van der Waals surface area (Å²) in [7, 11) is 0. The standard InChI is InChI=1S/C16H17Cl2N3O/c1-10(2)8-19-13-3-4-15(20-9-13)16(22)21-14-6-11(17)5-12(18)7-14/h3-7,9-10,19H,8H2,1-2H3,(H,21,22). The molecule has 1 aromatic carbocycles. The van der Waals surface area contributed by atoms with E-state index in [1.54, 1.807) is 30.5 Å². The molecule has 0 aliphatic carbocycles. The monoisotopic (exact) mass is 337 g/mol. The maximum absolute atomic E-state index is 12.1. The number of carbonyl (C=O) groups excluding carboxylic acids is 1. The van der Waals surface area contributed by atoms with Gasteiger partial charge in [-0.1, -0.05) is 37.0 Å². The highest BCUT2D eigenvalue weighted by molar-refractivity contribution is 6.35. The zero-order chi connectivity index (χ0) is 16.1. The van der Waals surface area contributed by atoms with E-state index in [2.05, 4.69) is 29.5 Å². The smallest absolute Gasteiger partial charge is 0.274 e. The largest absolute Gasteiger partial charge is 0.384 e. The van der Waals surface area contributed by atoms with Gasteiger partial charge in [-0.15, -0.1) is 0 Å². The maximum Gasteiger partial charge on any atom is 0.274 e. The van der Waals surface area contributed by atoms with Crippen molar-refractivity contribution in [2.24, 2.45) is 5.92 Å². The molecule has 0 aliphatic rings. The van der Waals surface area contributed by atoms with Crippen molar-refractivity contribution in [2.75, 3.05) is 17.2 Å². The lowest BCUT2D eigenvalue weighted by Crippen LogP contribution is -2.14. The summed E-state index contributed by atoms with van der Waals surface area (Å²) in [4.78, 5) is 16.3. The predicted molar refractivity (Wildman–Crippen MR) is 92.0 cm³/mol. The highest BCUT2D eigenvalue weighted by Crippen LogP contribution is 2.22. The van der Waals surface area contributed by atoms with Gasteiger partial charge in [-0.3, -0.25) is 4.79 Å². The molecule has 2 N–H and O–H groups in total. The topological polar surface area (TPSA) is 54.0 Å². The molecule has 6 heteroatoms. The SMILES string of the molecule is CC(C)CNc1ccc(C(=O)Nc2cc(Cl)cc(Cl)c2)nc1. The van der Waals surface area contributed by atoms with Gasteiger partial charge in [0.2, 0.25) is 0 Å². The number of aromatic nitrogens is 1. The molecule has 0 aliphatic heterocycles. The van der Waals surface area contributed by atoms with Crippen LogP contribution in [0.5, 0.6) is 0 Å². The van der Waals surface area contributed by atoms with Gasteiger partial charge in [0.15, 0.2) is 0 Å². The number of hydrogen-bond donors (Lipinski definition) is 2. The van der Waals surface area contributed by atoms with Gasteiger partial charge in [0.1, 0.15) is 5.69 Å². The molecule has 116 valence electrons. The molecule has 0 fully saturated rings. The summed E-state index contributed by atoms with van der Waals surface area (Å²) in [6.45, 7) is 5.10. The molecular weight excluding hydrogens is 321 g/mol. The van der Waals surface area contributed by atoms with E-state index < -0.39 is 0 Å². The first-order valence-corrected chi connectivity index (χ1v) is 7.67. The number of carbonyl (C=O) groups is 1. The van der Waals surface area contributed by atoms with E-state index in [0.29, 0.717) is 27.3 Å². The van der Waals surface area contributed by atoms with Crippen molar-refractivity contribution in [2.45, 2.75) is 13.8 Å². The summed E-state index contributed by atoms with van der Waals surface area (Å²) >= 11 is 11.8. The Labute approximate surface area is 139 Å². The van der Waals surface area contributed by atoms with Gasteiger partial charge in [0.05, 0.1) is 11.9 Å². The van der Waals surface area contributed by atoms with Gasteiger partial charge in [0.25, 0.3) is 5.91 Å². The summed E-state index contributed by atoms with van der Waals surface area (Å²) in [5.74, 6) is 0.226. The van der Waals surface area contributed by atoms with Crippen LogP contribution in [0.4, 0.5) is 11.4 Å². The average molecular weight is 338 g/mol. The lowest BCUT2D eigenvalue weighted by molar-refractivity contribution is 0.102. The van der Waals surface area contributed by atoms with Crippen LogP contribution in [0.15, 0.2) is 36.5 Å². The molecule has 0 saturated heterocycles. The average Bonchev–Trinajstić information content (AvgIpc) is 2.44. The summed E-state index contributed by atoms with van der Waals surface area (Å²) in [6.07, 6.45) is 1.64. The maximum atomic E-state index is 12.1. The highest BCUT2D eigenvalue weighted by Gasteiger charge is 2.09. The lowest BCUT2D eigenvalue weighted by Gasteiger charge is -2.09. The molecule has 1 heterocycles. The van der Waals surface area contributed by atoms with E-state index in [0.717, 1.165) is 12.2 Å². The first-order valence-electron chi connectivity index (χ1n) is 6.91. The molecular formula is C16H17Cl2N3O. The van der Waals surface area contributed by atoms with Crippen LogP contribution in [0, 0.1) is 5.92 Å². The Hall–Kier alpha value is -1.78. The van der Waals surface area contributed by atoms with Crippen LogP contribution in [0.2, 0.25) is 10.0 Å². The van der Waals surface area contributed by atoms with Crippen LogP contribution in [0.3, 0.4) is 0 Å². The van der Waals surface area contributed by atoms with Crippen molar-refractivity contribution in [3.05, 3.63) is 52.3 Å². The minimum absolute atomic E-state index is 0.311. The highest BCUT2D eigenvalue weighted by atomic mass is 35.5. The van der Waals surface area contributed by atoms with Crippen molar-refractivity contribution >= 4 is 40.5 Å². The van der Waals surface area contributed by atoms with Gasteiger partial charge in [0, 0.05) is 22.3 Å². The summed E-state index contributed by atoms with van der Waals surface area (Å²) in [5.41, 5.74) is 1.74. The fourth-order valence-corrected chi connectivity index (χ4v) is 2.30. The molecule has 0 atom stereocenters. The minimum Gasteiger partial charge on any atom is -0.384 e. The first kappa shape index (κ1) is 16.6. The van der Waals surface area contributed by atoms with Crippen molar-refractivity contribution in [3.8, 4) is 0 Å². The molecule has 0 radical (unpaired) electrons. The molecule has 22 heavy (non-hydrogen) atoms. The van der Waals surface area contributed by atoms with E-state index in [9.17, 15) is 4.79 Å². The van der Waals surface area contributed by atoms with E-state index in [-0.39, 0.29) is 5.91 Å². The van der Waals surface area contributed by atoms with Crippen molar-refractivity contribution in [1.82, 2.24) is 4.98 Å². The zero-order valence-corrected chi connectivity index (χ0v) is 13.9. The second-order valence-electron chi connectivity index (χ2n) is 5.32. The number of benzene rings is 1. The molecule has 1 aromatic heterocycles. The van der Waals surface area contributed by atoms with Crippen LogP contribution in [0.25, 0.3) is 0 Å². The van der Waals surface area contributed by atoms with Crippen LogP contribution < -0.4 is 10.6 Å². The minimum atomic E-state index is -0.311. The molecule has 0 unspecified atom stereocenters. The normalized spacial score (nSPS) is 10.6. The molecule has 2 aromatic rings. The molecule has 0 bridgehead atoms. The Balaban J connectivity index is 2.03. The van der Waals surface area contributed by atoms with Crippen LogP contribution >= 0.6 is 23.2 Å². The fraction of sp³-hybridized carbons (Fsp3) is 0.250. The molecule has 0 spiro atoms. The third-order valence-electron chi connectivity index (χ3n) is 2.83. The van der Waals surface area contributed by atoms with Crippen molar-refractivity contribution in [3.63, 3.8) is 0 Å². The van der Waals surface area contributed by atoms with Gasteiger partial charge in [-0.25, -0.2) is 4.98 Å². The molecule has 0 saturated carbocycles. The first-order chi connectivity index (χ1) is 10.4. The quantitative estimate of drug-likeness (QED) is 0.830. The molecule has 2 rings (SSSR count). The predicted octanol–water partition coefficient (Wildman–Crippen LogP) is 4.71. The van der Waals surface area contributed by atoms with Gasteiger partial charge in [-0.05, 0) is 36.2 Å². The van der Waals surface area contributed by atoms with E-state index in [1.165, 1.54) is 0 Å². The summed E-state index contributed by atoms with van der Waals surface area (Å²) < 4.78 is 0. The number of amides is 1. The van der Waals surface area contributed by atoms with Crippen LogP contribution in [0.1, 0.15) is 24.3 Å². The summed E-state index contributed by atoms with van der Waals surface area (Å²) in [6, 6.07) is 8.36. The Kier molecular flexibility index (Phi) is 5.63. The van der Waals surface area contributed by atoms with Crippen LogP contribution in [-0.4, -0.2) is 17.4 Å². The second-order valence-corrected chi connectivity index (χ2v) is 6.19. The second kappa shape index (κ2) is 7.47. The summed E-state index contributed by atoms with van der Waals surface area (Å²) in [5, 5.41) is 6.89. The third kappa shape index (κ3) is 4.90. The Morgan fingerprint density at radius 2 is 1.82 bits per heavy atom. The molecule has 1 amide bonds. The lowest BCUT2D eigenvalue weighted by atomic mass is 10.2. The number of nitrogens with one attached hydrogen (secondary N) is 2. The Morgan fingerprint density at radius 1 is 1.14 bits per heavy atom. The number of nitrogens with zero attached hydrogens (tertiary/aromatic N) is 1. The fourth-order valence-electron chi connectivity index (χ4n) is 1.78. The van der Waals surface area contributed by atoms with E-state index in [4.69, 9.17) is 23.2 Å². The number of pyridine rings is 1. The van der Waals surface area contributed by atoms with Gasteiger partial charge >= 0.3 is 0 Å². The number of rotatable bonds is 5. The number of anilines is 2. The third-order valence-corrected chi connectivity index (χ3v) is 3.27.